The first kappa shape index (κ1) is 11.6. The van der Waals surface area contributed by atoms with E-state index in [1.807, 2.05) is 42.5 Å². The topological polar surface area (TPSA) is 44.8 Å². The lowest BCUT2D eigenvalue weighted by atomic mass is 10.1. The molecule has 5 heteroatoms. The van der Waals surface area contributed by atoms with E-state index in [1.54, 1.807) is 0 Å². The maximum Gasteiger partial charge on any atom is 0.305 e. The van der Waals surface area contributed by atoms with Crippen molar-refractivity contribution in [2.75, 3.05) is 13.2 Å². The molecule has 2 atom stereocenters. The predicted octanol–water partition coefficient (Wildman–Crippen LogP) is 2.21. The summed E-state index contributed by atoms with van der Waals surface area (Å²) in [6.45, 7) is 0.636. The van der Waals surface area contributed by atoms with Crippen LogP contribution >= 0.6 is 0 Å². The zero-order valence-corrected chi connectivity index (χ0v) is 10.4. The average Bonchev–Trinajstić information content (AvgIpc) is 2.82. The molecular formula is C13H12O4S. The highest BCUT2D eigenvalue weighted by atomic mass is 32.2. The number of hydrogen-bond donors (Lipinski definition) is 0. The fraction of sp³-hybridized carbons (Fsp3) is 0.231. The van der Waals surface area contributed by atoms with Crippen molar-refractivity contribution in [3.05, 3.63) is 42.5 Å². The lowest BCUT2D eigenvalue weighted by Gasteiger charge is -2.11. The minimum Gasteiger partial charge on any atom is -0.490 e. The van der Waals surface area contributed by atoms with Gasteiger partial charge in [0.2, 0.25) is 0 Å². The van der Waals surface area contributed by atoms with Crippen molar-refractivity contribution >= 4 is 22.1 Å². The predicted molar refractivity (Wildman–Crippen MR) is 68.4 cm³/mol. The summed E-state index contributed by atoms with van der Waals surface area (Å²) >= 11 is -1.62. The Kier molecular flexibility index (Phi) is 3.27. The van der Waals surface area contributed by atoms with Crippen LogP contribution in [0.1, 0.15) is 0 Å². The van der Waals surface area contributed by atoms with E-state index in [9.17, 15) is 4.21 Å². The van der Waals surface area contributed by atoms with Crippen LogP contribution in [-0.4, -0.2) is 23.5 Å². The smallest absolute Gasteiger partial charge is 0.305 e. The highest BCUT2D eigenvalue weighted by molar-refractivity contribution is 7.75. The Morgan fingerprint density at radius 3 is 2.89 bits per heavy atom. The van der Waals surface area contributed by atoms with Crippen LogP contribution in [-0.2, 0) is 19.7 Å². The molecule has 1 unspecified atom stereocenters. The minimum atomic E-state index is -1.62. The number of fused-ring (bicyclic) bond motifs is 1. The lowest BCUT2D eigenvalue weighted by Crippen LogP contribution is -2.19. The summed E-state index contributed by atoms with van der Waals surface area (Å²) in [5.74, 6) is 0.800. The van der Waals surface area contributed by atoms with Gasteiger partial charge >= 0.3 is 11.4 Å². The van der Waals surface area contributed by atoms with E-state index in [2.05, 4.69) is 0 Å². The van der Waals surface area contributed by atoms with E-state index in [1.165, 1.54) is 0 Å². The first-order valence-electron chi connectivity index (χ1n) is 5.66. The van der Waals surface area contributed by atoms with Crippen LogP contribution in [0.3, 0.4) is 0 Å². The Hall–Kier alpha value is -1.43. The van der Waals surface area contributed by atoms with Crippen molar-refractivity contribution in [2.24, 2.45) is 0 Å². The molecule has 2 aromatic carbocycles. The van der Waals surface area contributed by atoms with Crippen molar-refractivity contribution < 1.29 is 17.3 Å². The van der Waals surface area contributed by atoms with Crippen LogP contribution in [0.15, 0.2) is 42.5 Å². The van der Waals surface area contributed by atoms with Crippen LogP contribution in [0.25, 0.3) is 10.8 Å². The fourth-order valence-corrected chi connectivity index (χ4v) is 2.53. The summed E-state index contributed by atoms with van der Waals surface area (Å²) < 4.78 is 26.4. The maximum absolute atomic E-state index is 10.9. The van der Waals surface area contributed by atoms with Gasteiger partial charge in [-0.1, -0.05) is 36.4 Å². The van der Waals surface area contributed by atoms with Crippen molar-refractivity contribution in [3.8, 4) is 5.75 Å². The number of hydrogen-bond acceptors (Lipinski definition) is 4. The molecule has 0 N–H and O–H groups in total. The van der Waals surface area contributed by atoms with Gasteiger partial charge in [-0.05, 0) is 11.5 Å². The van der Waals surface area contributed by atoms with Gasteiger partial charge in [-0.2, -0.15) is 4.21 Å². The molecule has 0 amide bonds. The SMILES string of the molecule is O=S1OC[C@@H](COc2cccc3ccccc23)O1. The second kappa shape index (κ2) is 5.06. The summed E-state index contributed by atoms with van der Waals surface area (Å²) in [6, 6.07) is 13.9. The molecule has 18 heavy (non-hydrogen) atoms. The molecule has 0 aromatic heterocycles. The van der Waals surface area contributed by atoms with Crippen LogP contribution in [0.4, 0.5) is 0 Å². The van der Waals surface area contributed by atoms with Crippen LogP contribution in [0, 0.1) is 0 Å². The summed E-state index contributed by atoms with van der Waals surface area (Å²) in [5.41, 5.74) is 0. The second-order valence-corrected chi connectivity index (χ2v) is 4.83. The quantitative estimate of drug-likeness (QED) is 0.852. The van der Waals surface area contributed by atoms with Gasteiger partial charge in [-0.3, -0.25) is 8.37 Å². The third kappa shape index (κ3) is 2.38. The molecule has 2 aromatic rings. The maximum atomic E-state index is 10.9. The molecule has 1 heterocycles. The van der Waals surface area contributed by atoms with Gasteiger partial charge in [0.15, 0.2) is 0 Å². The lowest BCUT2D eigenvalue weighted by molar-refractivity contribution is 0.152. The normalized spacial score (nSPS) is 23.3. The molecule has 94 valence electrons. The van der Waals surface area contributed by atoms with Gasteiger partial charge in [0.1, 0.15) is 18.5 Å². The highest BCUT2D eigenvalue weighted by Crippen LogP contribution is 2.25. The molecule has 1 saturated heterocycles. The Bertz CT molecular complexity index is 579. The first-order chi connectivity index (χ1) is 8.83. The summed E-state index contributed by atoms with van der Waals surface area (Å²) in [4.78, 5) is 0. The summed E-state index contributed by atoms with van der Waals surface area (Å²) in [6.07, 6.45) is -0.273. The van der Waals surface area contributed by atoms with Gasteiger partial charge in [0.25, 0.3) is 0 Å². The molecule has 0 spiro atoms. The number of rotatable bonds is 3. The Labute approximate surface area is 107 Å². The molecule has 1 fully saturated rings. The van der Waals surface area contributed by atoms with Crippen molar-refractivity contribution in [3.63, 3.8) is 0 Å². The molecule has 1 aliphatic heterocycles. The average molecular weight is 264 g/mol. The third-order valence-corrected chi connectivity index (χ3v) is 3.50. The zero-order valence-electron chi connectivity index (χ0n) is 9.57. The second-order valence-electron chi connectivity index (χ2n) is 4.00. The van der Waals surface area contributed by atoms with E-state index in [0.717, 1.165) is 16.5 Å². The standard InChI is InChI=1S/C13H12O4S/c14-18-16-9-11(17-18)8-15-13-7-3-5-10-4-1-2-6-12(10)13/h1-7,11H,8-9H2/t11-,18?/m1/s1. The van der Waals surface area contributed by atoms with Gasteiger partial charge in [-0.15, -0.1) is 0 Å². The number of benzene rings is 2. The van der Waals surface area contributed by atoms with Crippen LogP contribution in [0.2, 0.25) is 0 Å². The van der Waals surface area contributed by atoms with E-state index in [-0.39, 0.29) is 6.10 Å². The molecular weight excluding hydrogens is 252 g/mol. The van der Waals surface area contributed by atoms with Crippen molar-refractivity contribution in [2.45, 2.75) is 6.10 Å². The van der Waals surface area contributed by atoms with Crippen LogP contribution in [0.5, 0.6) is 5.75 Å². The van der Waals surface area contributed by atoms with Crippen LogP contribution < -0.4 is 4.74 Å². The largest absolute Gasteiger partial charge is 0.490 e. The van der Waals surface area contributed by atoms with E-state index in [4.69, 9.17) is 13.1 Å². The molecule has 0 radical (unpaired) electrons. The molecule has 0 bridgehead atoms. The van der Waals surface area contributed by atoms with Gasteiger partial charge < -0.3 is 4.74 Å². The molecule has 3 rings (SSSR count). The summed E-state index contributed by atoms with van der Waals surface area (Å²) in [5, 5.41) is 2.18. The zero-order chi connectivity index (χ0) is 12.4. The monoisotopic (exact) mass is 264 g/mol. The molecule has 0 saturated carbocycles. The highest BCUT2D eigenvalue weighted by Gasteiger charge is 2.24. The fourth-order valence-electron chi connectivity index (χ4n) is 1.88. The Morgan fingerprint density at radius 2 is 2.06 bits per heavy atom. The van der Waals surface area contributed by atoms with Gasteiger partial charge in [0, 0.05) is 5.39 Å². The van der Waals surface area contributed by atoms with Gasteiger partial charge in [-0.25, -0.2) is 0 Å². The summed E-state index contributed by atoms with van der Waals surface area (Å²) in [7, 11) is 0. The van der Waals surface area contributed by atoms with Crippen molar-refractivity contribution in [1.29, 1.82) is 0 Å². The third-order valence-electron chi connectivity index (χ3n) is 2.74. The Morgan fingerprint density at radius 1 is 1.22 bits per heavy atom. The van der Waals surface area contributed by atoms with E-state index >= 15 is 0 Å². The first-order valence-corrected chi connectivity index (χ1v) is 6.66. The van der Waals surface area contributed by atoms with E-state index in [0.29, 0.717) is 13.2 Å². The Balaban J connectivity index is 1.76. The van der Waals surface area contributed by atoms with Crippen molar-refractivity contribution in [1.82, 2.24) is 0 Å². The number of ether oxygens (including phenoxy) is 1. The van der Waals surface area contributed by atoms with E-state index < -0.39 is 11.4 Å². The molecule has 0 aliphatic carbocycles. The molecule has 4 nitrogen and oxygen atoms in total. The minimum absolute atomic E-state index is 0.273. The molecule has 1 aliphatic rings. The van der Waals surface area contributed by atoms with Gasteiger partial charge in [0.05, 0.1) is 6.61 Å².